The highest BCUT2D eigenvalue weighted by molar-refractivity contribution is 7.89. The first-order chi connectivity index (χ1) is 10.8. The number of halogens is 1. The molecule has 2 aromatic rings. The summed E-state index contributed by atoms with van der Waals surface area (Å²) in [5, 5.41) is 7.74. The first kappa shape index (κ1) is 17.1. The lowest BCUT2D eigenvalue weighted by Crippen LogP contribution is -2.23. The average Bonchev–Trinajstić information content (AvgIpc) is 2.50. The molecule has 7 heteroatoms. The Kier molecular flexibility index (Phi) is 5.46. The summed E-state index contributed by atoms with van der Waals surface area (Å²) in [4.78, 5) is 11.8. The molecule has 3 N–H and O–H groups in total. The summed E-state index contributed by atoms with van der Waals surface area (Å²) in [6.45, 7) is 0.285. The second-order valence-electron chi connectivity index (χ2n) is 5.10. The van der Waals surface area contributed by atoms with Crippen molar-refractivity contribution >= 4 is 15.9 Å². The highest BCUT2D eigenvalue weighted by Gasteiger charge is 2.07. The van der Waals surface area contributed by atoms with E-state index in [1.807, 2.05) is 0 Å². The van der Waals surface area contributed by atoms with Gasteiger partial charge in [-0.1, -0.05) is 24.3 Å². The summed E-state index contributed by atoms with van der Waals surface area (Å²) in [6, 6.07) is 12.1. The molecule has 0 bridgehead atoms. The van der Waals surface area contributed by atoms with E-state index in [1.165, 1.54) is 24.3 Å². The molecule has 0 unspecified atom stereocenters. The van der Waals surface area contributed by atoms with Crippen molar-refractivity contribution in [3.8, 4) is 0 Å². The van der Waals surface area contributed by atoms with Gasteiger partial charge in [-0.05, 0) is 41.8 Å². The normalized spacial score (nSPS) is 11.2. The minimum atomic E-state index is -3.71. The van der Waals surface area contributed by atoms with E-state index < -0.39 is 10.0 Å². The number of rotatable bonds is 6. The smallest absolute Gasteiger partial charge is 0.238 e. The van der Waals surface area contributed by atoms with Gasteiger partial charge in [-0.25, -0.2) is 17.9 Å². The van der Waals surface area contributed by atoms with Crippen molar-refractivity contribution in [3.63, 3.8) is 0 Å². The number of nitrogens with one attached hydrogen (secondary N) is 1. The van der Waals surface area contributed by atoms with Crippen LogP contribution >= 0.6 is 0 Å². The summed E-state index contributed by atoms with van der Waals surface area (Å²) >= 11 is 0. The third-order valence-corrected chi connectivity index (χ3v) is 4.20. The molecule has 0 atom stereocenters. The van der Waals surface area contributed by atoms with E-state index in [9.17, 15) is 17.6 Å². The molecule has 0 saturated heterocycles. The second-order valence-corrected chi connectivity index (χ2v) is 6.66. The molecule has 0 radical (unpaired) electrons. The average molecular weight is 336 g/mol. The first-order valence-corrected chi connectivity index (χ1v) is 8.52. The third-order valence-electron chi connectivity index (χ3n) is 3.27. The van der Waals surface area contributed by atoms with Crippen molar-refractivity contribution < 1.29 is 17.6 Å². The van der Waals surface area contributed by atoms with Gasteiger partial charge < -0.3 is 5.32 Å². The van der Waals surface area contributed by atoms with Crippen LogP contribution in [-0.2, 0) is 27.8 Å². The number of hydrogen-bond donors (Lipinski definition) is 2. The van der Waals surface area contributed by atoms with Gasteiger partial charge in [0.15, 0.2) is 0 Å². The number of benzene rings is 2. The van der Waals surface area contributed by atoms with E-state index in [0.717, 1.165) is 11.1 Å². The number of amides is 1. The molecule has 2 aromatic carbocycles. The summed E-state index contributed by atoms with van der Waals surface area (Å²) < 4.78 is 35.3. The van der Waals surface area contributed by atoms with Crippen molar-refractivity contribution in [2.24, 2.45) is 5.14 Å². The first-order valence-electron chi connectivity index (χ1n) is 6.97. The van der Waals surface area contributed by atoms with Crippen LogP contribution in [0.5, 0.6) is 0 Å². The van der Waals surface area contributed by atoms with Gasteiger partial charge in [0.25, 0.3) is 0 Å². The topological polar surface area (TPSA) is 89.3 Å². The highest BCUT2D eigenvalue weighted by atomic mass is 32.2. The Morgan fingerprint density at radius 1 is 1.09 bits per heavy atom. The molecule has 1 amide bonds. The van der Waals surface area contributed by atoms with Crippen LogP contribution in [0.15, 0.2) is 53.4 Å². The lowest BCUT2D eigenvalue weighted by atomic mass is 10.1. The van der Waals surface area contributed by atoms with E-state index in [-0.39, 0.29) is 29.6 Å². The minimum absolute atomic E-state index is 0.0266. The zero-order chi connectivity index (χ0) is 16.9. The fourth-order valence-corrected chi connectivity index (χ4v) is 2.55. The molecule has 0 aliphatic carbocycles. The van der Waals surface area contributed by atoms with Gasteiger partial charge in [0.2, 0.25) is 15.9 Å². The summed E-state index contributed by atoms with van der Waals surface area (Å²) in [5.41, 5.74) is 1.52. The quantitative estimate of drug-likeness (QED) is 0.842. The van der Waals surface area contributed by atoms with Gasteiger partial charge in [-0.15, -0.1) is 0 Å². The molecule has 0 spiro atoms. The van der Waals surface area contributed by atoms with E-state index in [1.54, 1.807) is 24.3 Å². The monoisotopic (exact) mass is 336 g/mol. The zero-order valence-corrected chi connectivity index (χ0v) is 13.1. The number of primary sulfonamides is 1. The summed E-state index contributed by atoms with van der Waals surface area (Å²) in [6.07, 6.45) is 0.701. The Balaban J connectivity index is 1.82. The largest absolute Gasteiger partial charge is 0.352 e. The lowest BCUT2D eigenvalue weighted by molar-refractivity contribution is -0.121. The van der Waals surface area contributed by atoms with E-state index in [4.69, 9.17) is 5.14 Å². The lowest BCUT2D eigenvalue weighted by Gasteiger charge is -2.06. The van der Waals surface area contributed by atoms with E-state index >= 15 is 0 Å². The Hall–Kier alpha value is -2.25. The maximum atomic E-state index is 13.0. The van der Waals surface area contributed by atoms with Crippen LogP contribution in [0.2, 0.25) is 0 Å². The van der Waals surface area contributed by atoms with Crippen LogP contribution in [0.1, 0.15) is 17.5 Å². The summed E-state index contributed by atoms with van der Waals surface area (Å²) in [7, 11) is -3.71. The number of nitrogens with two attached hydrogens (primary N) is 1. The van der Waals surface area contributed by atoms with E-state index in [0.29, 0.717) is 6.42 Å². The SMILES string of the molecule is NS(=O)(=O)c1ccc(CNC(=O)CCc2cccc(F)c2)cc1. The Morgan fingerprint density at radius 3 is 2.39 bits per heavy atom. The molecule has 0 aliphatic heterocycles. The molecule has 2 rings (SSSR count). The minimum Gasteiger partial charge on any atom is -0.352 e. The van der Waals surface area contributed by atoms with Crippen LogP contribution in [0.25, 0.3) is 0 Å². The van der Waals surface area contributed by atoms with Gasteiger partial charge in [0.1, 0.15) is 5.82 Å². The maximum Gasteiger partial charge on any atom is 0.238 e. The molecular formula is C16H17FN2O3S. The maximum absolute atomic E-state index is 13.0. The number of sulfonamides is 1. The Morgan fingerprint density at radius 2 is 1.78 bits per heavy atom. The van der Waals surface area contributed by atoms with Gasteiger partial charge in [0, 0.05) is 13.0 Å². The second kappa shape index (κ2) is 7.34. The molecule has 122 valence electrons. The van der Waals surface area contributed by atoms with Crippen LogP contribution in [0.4, 0.5) is 4.39 Å². The van der Waals surface area contributed by atoms with Gasteiger partial charge >= 0.3 is 0 Å². The predicted octanol–water partition coefficient (Wildman–Crippen LogP) is 1.72. The standard InChI is InChI=1S/C16H17FN2O3S/c17-14-3-1-2-12(10-14)6-9-16(20)19-11-13-4-7-15(8-5-13)23(18,21)22/h1-5,7-8,10H,6,9,11H2,(H,19,20)(H2,18,21,22). The van der Waals surface area contributed by atoms with Gasteiger partial charge in [0.05, 0.1) is 4.90 Å². The van der Waals surface area contributed by atoms with Crippen molar-refractivity contribution in [1.29, 1.82) is 0 Å². The van der Waals surface area contributed by atoms with Crippen molar-refractivity contribution in [2.75, 3.05) is 0 Å². The number of carbonyl (C=O) groups excluding carboxylic acids is 1. The molecule has 5 nitrogen and oxygen atoms in total. The number of aryl methyl sites for hydroxylation is 1. The highest BCUT2D eigenvalue weighted by Crippen LogP contribution is 2.09. The molecule has 0 heterocycles. The van der Waals surface area contributed by atoms with Crippen molar-refractivity contribution in [1.82, 2.24) is 5.32 Å². The Bertz CT molecular complexity index is 789. The number of carbonyl (C=O) groups is 1. The molecular weight excluding hydrogens is 319 g/mol. The van der Waals surface area contributed by atoms with Crippen molar-refractivity contribution in [3.05, 3.63) is 65.5 Å². The number of hydrogen-bond acceptors (Lipinski definition) is 3. The fourth-order valence-electron chi connectivity index (χ4n) is 2.04. The third kappa shape index (κ3) is 5.46. The molecule has 0 fully saturated rings. The van der Waals surface area contributed by atoms with Crippen LogP contribution in [-0.4, -0.2) is 14.3 Å². The van der Waals surface area contributed by atoms with Gasteiger partial charge in [-0.2, -0.15) is 0 Å². The Labute approximate surface area is 134 Å². The predicted molar refractivity (Wildman–Crippen MR) is 84.4 cm³/mol. The van der Waals surface area contributed by atoms with Crippen LogP contribution in [0.3, 0.4) is 0 Å². The van der Waals surface area contributed by atoms with Crippen LogP contribution in [0, 0.1) is 5.82 Å². The summed E-state index contributed by atoms with van der Waals surface area (Å²) in [5.74, 6) is -0.484. The molecule has 0 saturated carbocycles. The van der Waals surface area contributed by atoms with Crippen LogP contribution < -0.4 is 10.5 Å². The fraction of sp³-hybridized carbons (Fsp3) is 0.188. The zero-order valence-electron chi connectivity index (χ0n) is 12.3. The van der Waals surface area contributed by atoms with Gasteiger partial charge in [-0.3, -0.25) is 4.79 Å². The molecule has 0 aliphatic rings. The molecule has 0 aromatic heterocycles. The van der Waals surface area contributed by atoms with Crippen molar-refractivity contribution in [2.45, 2.75) is 24.3 Å². The molecule has 23 heavy (non-hydrogen) atoms. The van der Waals surface area contributed by atoms with E-state index in [2.05, 4.69) is 5.32 Å².